The molecule has 90 valence electrons. The van der Waals surface area contributed by atoms with Crippen LogP contribution in [0.5, 0.6) is 11.5 Å². The Balaban J connectivity index is 2.58. The Morgan fingerprint density at radius 3 is 2.59 bits per heavy atom. The molecule has 0 aliphatic carbocycles. The van der Waals surface area contributed by atoms with E-state index in [9.17, 15) is 4.79 Å². The van der Waals surface area contributed by atoms with Gasteiger partial charge in [0.1, 0.15) is 18.1 Å². The molecule has 0 aliphatic heterocycles. The van der Waals surface area contributed by atoms with E-state index in [2.05, 4.69) is 0 Å². The first-order valence-corrected chi connectivity index (χ1v) is 5.86. The molecule has 0 fully saturated rings. The molecular weight excluding hydrogens is 240 g/mol. The smallest absolute Gasteiger partial charge is 0.293 e. The van der Waals surface area contributed by atoms with Crippen molar-refractivity contribution in [3.05, 3.63) is 23.1 Å². The van der Waals surface area contributed by atoms with E-state index in [0.29, 0.717) is 6.47 Å². The molecule has 1 heterocycles. The van der Waals surface area contributed by atoms with Gasteiger partial charge in [0.2, 0.25) is 0 Å². The fraction of sp³-hybridized carbons (Fsp3) is 0.250. The standard InChI is InChI=1S/C12H12O4S/c1-14-9-3-4-10(15-2)12-11(9)8(6-17-12)5-16-7-13/h3-4,6-7H,5H2,1-2H3. The van der Waals surface area contributed by atoms with E-state index in [1.54, 1.807) is 25.6 Å². The number of hydrogen-bond acceptors (Lipinski definition) is 5. The van der Waals surface area contributed by atoms with Crippen LogP contribution in [0.15, 0.2) is 17.5 Å². The van der Waals surface area contributed by atoms with Crippen molar-refractivity contribution in [1.29, 1.82) is 0 Å². The van der Waals surface area contributed by atoms with Gasteiger partial charge in [-0.15, -0.1) is 11.3 Å². The summed E-state index contributed by atoms with van der Waals surface area (Å²) in [6, 6.07) is 3.71. The number of carbonyl (C=O) groups excluding carboxylic acids is 1. The molecule has 0 spiro atoms. The first kappa shape index (κ1) is 11.7. The van der Waals surface area contributed by atoms with Gasteiger partial charge in [-0.3, -0.25) is 4.79 Å². The van der Waals surface area contributed by atoms with E-state index in [0.717, 1.165) is 27.1 Å². The third-order valence-corrected chi connectivity index (χ3v) is 3.51. The van der Waals surface area contributed by atoms with E-state index < -0.39 is 0 Å². The van der Waals surface area contributed by atoms with Gasteiger partial charge in [-0.1, -0.05) is 0 Å². The Bertz CT molecular complexity index is 533. The van der Waals surface area contributed by atoms with E-state index >= 15 is 0 Å². The van der Waals surface area contributed by atoms with Crippen molar-refractivity contribution in [1.82, 2.24) is 0 Å². The number of ether oxygens (including phenoxy) is 3. The van der Waals surface area contributed by atoms with Gasteiger partial charge >= 0.3 is 0 Å². The molecule has 0 atom stereocenters. The molecule has 2 rings (SSSR count). The van der Waals surface area contributed by atoms with Gasteiger partial charge in [-0.25, -0.2) is 0 Å². The number of methoxy groups -OCH3 is 2. The lowest BCUT2D eigenvalue weighted by molar-refractivity contribution is -0.129. The molecule has 2 aromatic rings. The van der Waals surface area contributed by atoms with Crippen LogP contribution in [-0.4, -0.2) is 20.7 Å². The number of thiophene rings is 1. The summed E-state index contributed by atoms with van der Waals surface area (Å²) in [6.45, 7) is 0.684. The first-order valence-electron chi connectivity index (χ1n) is 4.98. The second-order valence-corrected chi connectivity index (χ2v) is 4.22. The van der Waals surface area contributed by atoms with Gasteiger partial charge in [-0.2, -0.15) is 0 Å². The highest BCUT2D eigenvalue weighted by atomic mass is 32.1. The molecule has 0 amide bonds. The van der Waals surface area contributed by atoms with Crippen LogP contribution in [-0.2, 0) is 16.1 Å². The molecule has 0 saturated carbocycles. The van der Waals surface area contributed by atoms with Crippen molar-refractivity contribution >= 4 is 27.9 Å². The largest absolute Gasteiger partial charge is 0.496 e. The van der Waals surface area contributed by atoms with Crippen LogP contribution in [0.3, 0.4) is 0 Å². The number of hydrogen-bond donors (Lipinski definition) is 0. The summed E-state index contributed by atoms with van der Waals surface area (Å²) in [5.74, 6) is 1.55. The van der Waals surface area contributed by atoms with Gasteiger partial charge in [0.15, 0.2) is 0 Å². The maximum Gasteiger partial charge on any atom is 0.293 e. The van der Waals surface area contributed by atoms with Crippen LogP contribution in [0.25, 0.3) is 10.1 Å². The lowest BCUT2D eigenvalue weighted by atomic mass is 10.1. The second-order valence-electron chi connectivity index (χ2n) is 3.34. The molecule has 0 aliphatic rings. The molecule has 17 heavy (non-hydrogen) atoms. The maximum atomic E-state index is 10.2. The van der Waals surface area contributed by atoms with Crippen LogP contribution >= 0.6 is 11.3 Å². The number of carbonyl (C=O) groups is 1. The van der Waals surface area contributed by atoms with Crippen molar-refractivity contribution < 1.29 is 19.0 Å². The number of benzene rings is 1. The Hall–Kier alpha value is -1.75. The van der Waals surface area contributed by atoms with Gasteiger partial charge in [0.05, 0.1) is 18.9 Å². The van der Waals surface area contributed by atoms with Crippen molar-refractivity contribution in [3.63, 3.8) is 0 Å². The first-order chi connectivity index (χ1) is 8.31. The molecule has 0 N–H and O–H groups in total. The average Bonchev–Trinajstić information content (AvgIpc) is 2.79. The molecule has 1 aromatic carbocycles. The average molecular weight is 252 g/mol. The lowest BCUT2D eigenvalue weighted by Crippen LogP contribution is -1.92. The SMILES string of the molecule is COc1ccc(OC)c2c(COC=O)csc12. The number of fused-ring (bicyclic) bond motifs is 1. The number of rotatable bonds is 5. The highest BCUT2D eigenvalue weighted by Gasteiger charge is 2.13. The van der Waals surface area contributed by atoms with Gasteiger partial charge < -0.3 is 14.2 Å². The molecule has 4 nitrogen and oxygen atoms in total. The highest BCUT2D eigenvalue weighted by Crippen LogP contribution is 2.40. The minimum absolute atomic E-state index is 0.243. The van der Waals surface area contributed by atoms with Crippen LogP contribution < -0.4 is 9.47 Å². The summed E-state index contributed by atoms with van der Waals surface area (Å²) in [6.07, 6.45) is 0. The fourth-order valence-electron chi connectivity index (χ4n) is 1.72. The zero-order valence-corrected chi connectivity index (χ0v) is 10.4. The molecule has 5 heteroatoms. The zero-order chi connectivity index (χ0) is 12.3. The van der Waals surface area contributed by atoms with Crippen molar-refractivity contribution in [3.8, 4) is 11.5 Å². The minimum Gasteiger partial charge on any atom is -0.496 e. The van der Waals surface area contributed by atoms with Crippen LogP contribution in [0.1, 0.15) is 5.56 Å². The summed E-state index contributed by atoms with van der Waals surface area (Å²) < 4.78 is 16.4. The topological polar surface area (TPSA) is 44.8 Å². The van der Waals surface area contributed by atoms with Crippen molar-refractivity contribution in [2.24, 2.45) is 0 Å². The minimum atomic E-state index is 0.243. The van der Waals surface area contributed by atoms with E-state index in [4.69, 9.17) is 14.2 Å². The maximum absolute atomic E-state index is 10.2. The van der Waals surface area contributed by atoms with Gasteiger partial charge in [0, 0.05) is 10.9 Å². The van der Waals surface area contributed by atoms with E-state index in [1.165, 1.54) is 0 Å². The van der Waals surface area contributed by atoms with E-state index in [1.807, 2.05) is 17.5 Å². The molecule has 1 aromatic heterocycles. The van der Waals surface area contributed by atoms with Gasteiger partial charge in [0.25, 0.3) is 6.47 Å². The fourth-order valence-corrected chi connectivity index (χ4v) is 2.78. The Morgan fingerprint density at radius 2 is 1.94 bits per heavy atom. The Morgan fingerprint density at radius 1 is 1.24 bits per heavy atom. The second kappa shape index (κ2) is 5.05. The normalized spacial score (nSPS) is 10.2. The molecule has 0 saturated heterocycles. The highest BCUT2D eigenvalue weighted by molar-refractivity contribution is 7.17. The molecule has 0 unspecified atom stereocenters. The monoisotopic (exact) mass is 252 g/mol. The third-order valence-electron chi connectivity index (χ3n) is 2.47. The summed E-state index contributed by atoms with van der Waals surface area (Å²) in [4.78, 5) is 10.2. The Kier molecular flexibility index (Phi) is 3.49. The predicted octanol–water partition coefficient (Wildman–Crippen LogP) is 2.59. The lowest BCUT2D eigenvalue weighted by Gasteiger charge is -2.07. The summed E-state index contributed by atoms with van der Waals surface area (Å²) in [5.41, 5.74) is 0.924. The summed E-state index contributed by atoms with van der Waals surface area (Å²) in [5, 5.41) is 2.89. The van der Waals surface area contributed by atoms with E-state index in [-0.39, 0.29) is 6.61 Å². The van der Waals surface area contributed by atoms with Crippen LogP contribution in [0.2, 0.25) is 0 Å². The molecular formula is C12H12O4S. The summed E-state index contributed by atoms with van der Waals surface area (Å²) in [7, 11) is 3.24. The molecule has 0 bridgehead atoms. The third kappa shape index (κ3) is 2.06. The Labute approximate surface area is 103 Å². The predicted molar refractivity (Wildman–Crippen MR) is 65.8 cm³/mol. The zero-order valence-electron chi connectivity index (χ0n) is 9.56. The van der Waals surface area contributed by atoms with Crippen LogP contribution in [0, 0.1) is 0 Å². The van der Waals surface area contributed by atoms with Crippen LogP contribution in [0.4, 0.5) is 0 Å². The molecule has 0 radical (unpaired) electrons. The quantitative estimate of drug-likeness (QED) is 0.767. The van der Waals surface area contributed by atoms with Gasteiger partial charge in [-0.05, 0) is 17.5 Å². The van der Waals surface area contributed by atoms with Crippen molar-refractivity contribution in [2.45, 2.75) is 6.61 Å². The summed E-state index contributed by atoms with van der Waals surface area (Å²) >= 11 is 1.54. The van der Waals surface area contributed by atoms with Crippen molar-refractivity contribution in [2.75, 3.05) is 14.2 Å².